The van der Waals surface area contributed by atoms with Gasteiger partial charge >= 0.3 is 5.97 Å². The zero-order valence-electron chi connectivity index (χ0n) is 12.1. The first-order chi connectivity index (χ1) is 9.63. The summed E-state index contributed by atoms with van der Waals surface area (Å²) in [4.78, 5) is 23.0. The molecule has 6 nitrogen and oxygen atoms in total. The minimum atomic E-state index is -0.549. The van der Waals surface area contributed by atoms with E-state index in [9.17, 15) is 9.59 Å². The molecule has 0 bridgehead atoms. The highest BCUT2D eigenvalue weighted by Crippen LogP contribution is 2.09. The van der Waals surface area contributed by atoms with Crippen molar-refractivity contribution in [2.45, 2.75) is 32.3 Å². The van der Waals surface area contributed by atoms with Gasteiger partial charge in [0.1, 0.15) is 12.6 Å². The lowest BCUT2D eigenvalue weighted by Crippen LogP contribution is -2.24. The largest absolute Gasteiger partial charge is 0.466 e. The van der Waals surface area contributed by atoms with E-state index >= 15 is 0 Å². The average molecular weight is 311 g/mol. The molecule has 0 fully saturated rings. The van der Waals surface area contributed by atoms with Crippen LogP contribution in [0.3, 0.4) is 0 Å². The summed E-state index contributed by atoms with van der Waals surface area (Å²) in [5, 5.41) is 0. The Hall–Kier alpha value is -0.690. The first kappa shape index (κ1) is 19.3. The van der Waals surface area contributed by atoms with Crippen LogP contribution < -0.4 is 0 Å². The summed E-state index contributed by atoms with van der Waals surface area (Å²) in [5.41, 5.74) is 0. The topological polar surface area (TPSA) is 71.1 Å². The van der Waals surface area contributed by atoms with Crippen molar-refractivity contribution in [2.75, 3.05) is 39.6 Å². The number of esters is 1. The summed E-state index contributed by atoms with van der Waals surface area (Å²) >= 11 is 5.51. The SMILES string of the molecule is CCOC(=O)CC(CC(=O)CCCl)OCOCCOC. The van der Waals surface area contributed by atoms with Gasteiger partial charge in [-0.15, -0.1) is 11.6 Å². The molecule has 1 unspecified atom stereocenters. The second-order valence-electron chi connectivity index (χ2n) is 4.00. The van der Waals surface area contributed by atoms with Crippen LogP contribution in [0.4, 0.5) is 0 Å². The van der Waals surface area contributed by atoms with E-state index in [0.717, 1.165) is 0 Å². The van der Waals surface area contributed by atoms with Gasteiger partial charge in [0.05, 0.1) is 32.3 Å². The Balaban J connectivity index is 4.10. The highest BCUT2D eigenvalue weighted by atomic mass is 35.5. The Morgan fingerprint density at radius 3 is 2.55 bits per heavy atom. The van der Waals surface area contributed by atoms with Crippen molar-refractivity contribution in [3.05, 3.63) is 0 Å². The molecule has 0 aromatic carbocycles. The predicted molar refractivity (Wildman–Crippen MR) is 73.8 cm³/mol. The second kappa shape index (κ2) is 13.3. The van der Waals surface area contributed by atoms with Crippen molar-refractivity contribution in [1.29, 1.82) is 0 Å². The van der Waals surface area contributed by atoms with Crippen molar-refractivity contribution in [1.82, 2.24) is 0 Å². The number of hydrogen-bond acceptors (Lipinski definition) is 6. The molecule has 0 aliphatic carbocycles. The molecule has 0 aromatic rings. The van der Waals surface area contributed by atoms with Gasteiger partial charge in [-0.1, -0.05) is 0 Å². The fourth-order valence-electron chi connectivity index (χ4n) is 1.40. The van der Waals surface area contributed by atoms with Crippen LogP contribution in [0, 0.1) is 0 Å². The Bertz CT molecular complexity index is 252. The molecule has 0 aliphatic heterocycles. The molecule has 0 spiro atoms. The van der Waals surface area contributed by atoms with Crippen LogP contribution in [0.5, 0.6) is 0 Å². The number of halogens is 1. The van der Waals surface area contributed by atoms with Crippen LogP contribution in [-0.4, -0.2) is 57.5 Å². The van der Waals surface area contributed by atoms with Crippen molar-refractivity contribution in [2.24, 2.45) is 0 Å². The maximum absolute atomic E-state index is 11.6. The summed E-state index contributed by atoms with van der Waals surface area (Å²) in [5.74, 6) is -0.186. The van der Waals surface area contributed by atoms with Gasteiger partial charge in [-0.25, -0.2) is 0 Å². The van der Waals surface area contributed by atoms with Gasteiger partial charge in [-0.3, -0.25) is 9.59 Å². The van der Waals surface area contributed by atoms with Crippen LogP contribution >= 0.6 is 11.6 Å². The monoisotopic (exact) mass is 310 g/mol. The van der Waals surface area contributed by atoms with Crippen molar-refractivity contribution >= 4 is 23.4 Å². The zero-order chi connectivity index (χ0) is 15.2. The first-order valence-electron chi connectivity index (χ1n) is 6.55. The van der Waals surface area contributed by atoms with E-state index in [1.54, 1.807) is 14.0 Å². The first-order valence-corrected chi connectivity index (χ1v) is 7.09. The number of methoxy groups -OCH3 is 1. The Morgan fingerprint density at radius 2 is 1.95 bits per heavy atom. The maximum Gasteiger partial charge on any atom is 0.308 e. The summed E-state index contributed by atoms with van der Waals surface area (Å²) in [7, 11) is 1.57. The average Bonchev–Trinajstić information content (AvgIpc) is 2.38. The molecular formula is C13H23ClO6. The molecule has 1 atom stereocenters. The van der Waals surface area contributed by atoms with E-state index in [4.69, 9.17) is 30.5 Å². The number of alkyl halides is 1. The van der Waals surface area contributed by atoms with E-state index in [0.29, 0.717) is 19.8 Å². The molecule has 0 amide bonds. The third-order valence-electron chi connectivity index (χ3n) is 2.35. The van der Waals surface area contributed by atoms with Gasteiger partial charge < -0.3 is 18.9 Å². The van der Waals surface area contributed by atoms with Gasteiger partial charge in [0.2, 0.25) is 0 Å². The van der Waals surface area contributed by atoms with Crippen molar-refractivity contribution in [3.63, 3.8) is 0 Å². The Morgan fingerprint density at radius 1 is 1.20 bits per heavy atom. The smallest absolute Gasteiger partial charge is 0.308 e. The van der Waals surface area contributed by atoms with Gasteiger partial charge in [0, 0.05) is 25.8 Å². The van der Waals surface area contributed by atoms with Gasteiger partial charge in [-0.2, -0.15) is 0 Å². The number of rotatable bonds is 13. The van der Waals surface area contributed by atoms with Gasteiger partial charge in [0.15, 0.2) is 0 Å². The number of carbonyl (C=O) groups excluding carboxylic acids is 2. The molecule has 0 heterocycles. The summed E-state index contributed by atoms with van der Waals surface area (Å²) in [6.07, 6.45) is -0.143. The normalized spacial score (nSPS) is 12.2. The second-order valence-corrected chi connectivity index (χ2v) is 4.38. The highest BCUT2D eigenvalue weighted by Gasteiger charge is 2.19. The third-order valence-corrected chi connectivity index (χ3v) is 2.54. The fourth-order valence-corrected chi connectivity index (χ4v) is 1.61. The quantitative estimate of drug-likeness (QED) is 0.222. The minimum absolute atomic E-state index is 0.00157. The molecule has 7 heteroatoms. The Kier molecular flexibility index (Phi) is 12.8. The van der Waals surface area contributed by atoms with Gasteiger partial charge in [0.25, 0.3) is 0 Å². The number of Topliss-reactive ketones (excluding diaryl/α,β-unsaturated/α-hetero) is 1. The molecule has 0 saturated heterocycles. The van der Waals surface area contributed by atoms with E-state index in [1.807, 2.05) is 0 Å². The number of carbonyl (C=O) groups is 2. The van der Waals surface area contributed by atoms with E-state index < -0.39 is 12.1 Å². The lowest BCUT2D eigenvalue weighted by atomic mass is 10.1. The van der Waals surface area contributed by atoms with Crippen LogP contribution in [0.2, 0.25) is 0 Å². The highest BCUT2D eigenvalue weighted by molar-refractivity contribution is 6.19. The van der Waals surface area contributed by atoms with E-state index in [-0.39, 0.29) is 37.7 Å². The fraction of sp³-hybridized carbons (Fsp3) is 0.846. The van der Waals surface area contributed by atoms with Crippen LogP contribution in [0.25, 0.3) is 0 Å². The molecule has 0 aromatic heterocycles. The molecule has 0 saturated carbocycles. The molecule has 0 rings (SSSR count). The van der Waals surface area contributed by atoms with Crippen molar-refractivity contribution < 1.29 is 28.5 Å². The minimum Gasteiger partial charge on any atom is -0.466 e. The predicted octanol–water partition coefficient (Wildman–Crippen LogP) is 1.53. The van der Waals surface area contributed by atoms with E-state index in [1.165, 1.54) is 0 Å². The molecule has 0 aliphatic rings. The summed E-state index contributed by atoms with van der Waals surface area (Å²) in [6.45, 7) is 2.86. The molecule has 118 valence electrons. The number of ether oxygens (including phenoxy) is 4. The molecule has 0 N–H and O–H groups in total. The number of hydrogen-bond donors (Lipinski definition) is 0. The lowest BCUT2D eigenvalue weighted by Gasteiger charge is -2.16. The van der Waals surface area contributed by atoms with Gasteiger partial charge in [-0.05, 0) is 6.92 Å². The molecule has 20 heavy (non-hydrogen) atoms. The summed E-state index contributed by atoms with van der Waals surface area (Å²) in [6, 6.07) is 0. The zero-order valence-corrected chi connectivity index (χ0v) is 12.8. The maximum atomic E-state index is 11.6. The van der Waals surface area contributed by atoms with Crippen LogP contribution in [0.15, 0.2) is 0 Å². The molecule has 0 radical (unpaired) electrons. The van der Waals surface area contributed by atoms with E-state index in [2.05, 4.69) is 0 Å². The number of ketones is 1. The summed E-state index contributed by atoms with van der Waals surface area (Å²) < 4.78 is 20.2. The van der Waals surface area contributed by atoms with Crippen molar-refractivity contribution in [3.8, 4) is 0 Å². The third kappa shape index (κ3) is 11.2. The lowest BCUT2D eigenvalue weighted by molar-refractivity contribution is -0.151. The Labute approximate surface area is 124 Å². The standard InChI is InChI=1S/C13H23ClO6/c1-3-19-13(16)9-12(8-11(15)4-5-14)20-10-18-7-6-17-2/h12H,3-10H2,1-2H3. The van der Waals surface area contributed by atoms with Crippen LogP contribution in [0.1, 0.15) is 26.2 Å². The molecular weight excluding hydrogens is 288 g/mol. The van der Waals surface area contributed by atoms with Crippen LogP contribution in [-0.2, 0) is 28.5 Å².